The first-order valence-corrected chi connectivity index (χ1v) is 8.26. The Kier molecular flexibility index (Phi) is 4.08. The van der Waals surface area contributed by atoms with Crippen molar-refractivity contribution in [3.8, 4) is 0 Å². The SMILES string of the molecule is CN(Cc1cccnc1)CC1CCN(c2ncnc3[nH]ncc23)C1. The van der Waals surface area contributed by atoms with Crippen molar-refractivity contribution in [1.29, 1.82) is 0 Å². The highest BCUT2D eigenvalue weighted by Gasteiger charge is 2.26. The van der Waals surface area contributed by atoms with E-state index in [0.717, 1.165) is 43.0 Å². The third-order valence-corrected chi connectivity index (χ3v) is 4.56. The van der Waals surface area contributed by atoms with Crippen LogP contribution in [-0.2, 0) is 6.54 Å². The lowest BCUT2D eigenvalue weighted by molar-refractivity contribution is 0.279. The molecule has 0 radical (unpaired) electrons. The summed E-state index contributed by atoms with van der Waals surface area (Å²) in [6.07, 6.45) is 8.36. The minimum atomic E-state index is 0.642. The molecule has 3 aromatic heterocycles. The molecule has 1 aliphatic rings. The largest absolute Gasteiger partial charge is 0.356 e. The van der Waals surface area contributed by atoms with Crippen LogP contribution < -0.4 is 4.90 Å². The lowest BCUT2D eigenvalue weighted by Gasteiger charge is -2.22. The first kappa shape index (κ1) is 15.0. The fourth-order valence-corrected chi connectivity index (χ4v) is 3.49. The molecule has 4 heterocycles. The Hall–Kier alpha value is -2.54. The molecule has 0 bridgehead atoms. The number of pyridine rings is 1. The van der Waals surface area contributed by atoms with Crippen molar-refractivity contribution < 1.29 is 0 Å². The topological polar surface area (TPSA) is 73.8 Å². The summed E-state index contributed by atoms with van der Waals surface area (Å²) in [6.45, 7) is 4.06. The summed E-state index contributed by atoms with van der Waals surface area (Å²) in [6, 6.07) is 4.12. The van der Waals surface area contributed by atoms with Crippen LogP contribution in [0.1, 0.15) is 12.0 Å². The van der Waals surface area contributed by atoms with Gasteiger partial charge in [0.2, 0.25) is 0 Å². The zero-order chi connectivity index (χ0) is 16.4. The van der Waals surface area contributed by atoms with Crippen molar-refractivity contribution in [2.45, 2.75) is 13.0 Å². The highest BCUT2D eigenvalue weighted by molar-refractivity contribution is 5.86. The smallest absolute Gasteiger partial charge is 0.160 e. The molecule has 0 aliphatic carbocycles. The number of nitrogens with zero attached hydrogens (tertiary/aromatic N) is 6. The monoisotopic (exact) mass is 323 g/mol. The molecule has 1 atom stereocenters. The highest BCUT2D eigenvalue weighted by atomic mass is 15.2. The van der Waals surface area contributed by atoms with Gasteiger partial charge in [0.05, 0.1) is 11.6 Å². The van der Waals surface area contributed by atoms with E-state index in [2.05, 4.69) is 48.1 Å². The summed E-state index contributed by atoms with van der Waals surface area (Å²) in [5, 5.41) is 7.99. The molecule has 4 rings (SSSR count). The molecule has 24 heavy (non-hydrogen) atoms. The van der Waals surface area contributed by atoms with Gasteiger partial charge in [0, 0.05) is 38.6 Å². The standard InChI is InChI=1S/C17H21N7/c1-23(9-13-3-2-5-18-7-13)10-14-4-6-24(11-14)17-15-8-21-22-16(15)19-12-20-17/h2-3,5,7-8,12,14H,4,6,9-11H2,1H3,(H,19,20,21,22). The van der Waals surface area contributed by atoms with E-state index in [1.165, 1.54) is 12.0 Å². The van der Waals surface area contributed by atoms with Crippen molar-refractivity contribution in [2.24, 2.45) is 5.92 Å². The Labute approximate surface area is 140 Å². The Morgan fingerprint density at radius 2 is 2.29 bits per heavy atom. The van der Waals surface area contributed by atoms with Gasteiger partial charge in [-0.2, -0.15) is 5.10 Å². The predicted octanol–water partition coefficient (Wildman–Crippen LogP) is 1.71. The molecule has 0 saturated carbocycles. The van der Waals surface area contributed by atoms with Gasteiger partial charge in [0.1, 0.15) is 12.1 Å². The average molecular weight is 323 g/mol. The van der Waals surface area contributed by atoms with Gasteiger partial charge in [-0.3, -0.25) is 10.1 Å². The summed E-state index contributed by atoms with van der Waals surface area (Å²) in [4.78, 5) is 17.6. The molecule has 1 N–H and O–H groups in total. The lowest BCUT2D eigenvalue weighted by Crippen LogP contribution is -2.28. The Morgan fingerprint density at radius 3 is 3.17 bits per heavy atom. The second-order valence-corrected chi connectivity index (χ2v) is 6.49. The summed E-state index contributed by atoms with van der Waals surface area (Å²) in [7, 11) is 2.18. The van der Waals surface area contributed by atoms with Gasteiger partial charge >= 0.3 is 0 Å². The number of nitrogens with one attached hydrogen (secondary N) is 1. The molecule has 1 saturated heterocycles. The first-order chi connectivity index (χ1) is 11.8. The fraction of sp³-hybridized carbons (Fsp3) is 0.412. The van der Waals surface area contributed by atoms with Crippen LogP contribution >= 0.6 is 0 Å². The number of H-pyrrole nitrogens is 1. The van der Waals surface area contributed by atoms with Crippen LogP contribution in [0.2, 0.25) is 0 Å². The molecular formula is C17H21N7. The van der Waals surface area contributed by atoms with Crippen molar-refractivity contribution >= 4 is 16.9 Å². The minimum absolute atomic E-state index is 0.642. The van der Waals surface area contributed by atoms with Gasteiger partial charge in [-0.1, -0.05) is 6.07 Å². The number of hydrogen-bond acceptors (Lipinski definition) is 6. The lowest BCUT2D eigenvalue weighted by atomic mass is 10.1. The van der Waals surface area contributed by atoms with Crippen LogP contribution in [0.25, 0.3) is 11.0 Å². The molecule has 124 valence electrons. The fourth-order valence-electron chi connectivity index (χ4n) is 3.49. The summed E-state index contributed by atoms with van der Waals surface area (Å²) in [5.41, 5.74) is 2.06. The summed E-state index contributed by atoms with van der Waals surface area (Å²) >= 11 is 0. The van der Waals surface area contributed by atoms with Crippen molar-refractivity contribution in [3.63, 3.8) is 0 Å². The zero-order valence-corrected chi connectivity index (χ0v) is 13.8. The predicted molar refractivity (Wildman–Crippen MR) is 92.6 cm³/mol. The Balaban J connectivity index is 1.39. The molecule has 7 heteroatoms. The van der Waals surface area contributed by atoms with Gasteiger partial charge in [0.25, 0.3) is 0 Å². The molecule has 1 aliphatic heterocycles. The van der Waals surface area contributed by atoms with Crippen LogP contribution in [0.4, 0.5) is 5.82 Å². The van der Waals surface area contributed by atoms with Gasteiger partial charge in [0.15, 0.2) is 5.65 Å². The molecule has 0 amide bonds. The minimum Gasteiger partial charge on any atom is -0.356 e. The first-order valence-electron chi connectivity index (χ1n) is 8.26. The summed E-state index contributed by atoms with van der Waals surface area (Å²) < 4.78 is 0. The number of fused-ring (bicyclic) bond motifs is 1. The van der Waals surface area contributed by atoms with Crippen molar-refractivity contribution in [2.75, 3.05) is 31.6 Å². The third kappa shape index (κ3) is 3.07. The second-order valence-electron chi connectivity index (χ2n) is 6.49. The Morgan fingerprint density at radius 1 is 1.33 bits per heavy atom. The van der Waals surface area contributed by atoms with Gasteiger partial charge < -0.3 is 9.80 Å². The van der Waals surface area contributed by atoms with E-state index in [9.17, 15) is 0 Å². The molecule has 0 aromatic carbocycles. The number of aromatic nitrogens is 5. The molecule has 0 spiro atoms. The maximum absolute atomic E-state index is 4.48. The number of rotatable bonds is 5. The zero-order valence-electron chi connectivity index (χ0n) is 13.8. The van der Waals surface area contributed by atoms with Crippen LogP contribution in [-0.4, -0.2) is 56.7 Å². The maximum Gasteiger partial charge on any atom is 0.160 e. The number of anilines is 1. The molecule has 1 fully saturated rings. The Bertz CT molecular complexity index is 801. The van der Waals surface area contributed by atoms with Gasteiger partial charge in [-0.05, 0) is 31.0 Å². The van der Waals surface area contributed by atoms with Crippen LogP contribution in [0.15, 0.2) is 37.1 Å². The van der Waals surface area contributed by atoms with Crippen LogP contribution in [0.5, 0.6) is 0 Å². The van der Waals surface area contributed by atoms with E-state index in [0.29, 0.717) is 5.92 Å². The molecular weight excluding hydrogens is 302 g/mol. The summed E-state index contributed by atoms with van der Waals surface area (Å²) in [5.74, 6) is 1.63. The van der Waals surface area contributed by atoms with Gasteiger partial charge in [-0.25, -0.2) is 9.97 Å². The normalized spacial score (nSPS) is 17.9. The van der Waals surface area contributed by atoms with E-state index in [-0.39, 0.29) is 0 Å². The molecule has 7 nitrogen and oxygen atoms in total. The second kappa shape index (κ2) is 6.52. The highest BCUT2D eigenvalue weighted by Crippen LogP contribution is 2.27. The third-order valence-electron chi connectivity index (χ3n) is 4.56. The number of hydrogen-bond donors (Lipinski definition) is 1. The van der Waals surface area contributed by atoms with Crippen LogP contribution in [0, 0.1) is 5.92 Å². The number of aromatic amines is 1. The van der Waals surface area contributed by atoms with E-state index in [4.69, 9.17) is 0 Å². The van der Waals surface area contributed by atoms with E-state index >= 15 is 0 Å². The van der Waals surface area contributed by atoms with Crippen LogP contribution in [0.3, 0.4) is 0 Å². The molecule has 1 unspecified atom stereocenters. The van der Waals surface area contributed by atoms with E-state index < -0.39 is 0 Å². The average Bonchev–Trinajstić information content (AvgIpc) is 3.24. The van der Waals surface area contributed by atoms with Crippen molar-refractivity contribution in [3.05, 3.63) is 42.6 Å². The van der Waals surface area contributed by atoms with E-state index in [1.54, 1.807) is 6.33 Å². The quantitative estimate of drug-likeness (QED) is 0.770. The van der Waals surface area contributed by atoms with Crippen molar-refractivity contribution in [1.82, 2.24) is 30.0 Å². The maximum atomic E-state index is 4.48. The molecule has 3 aromatic rings. The van der Waals surface area contributed by atoms with E-state index in [1.807, 2.05) is 24.7 Å². The van der Waals surface area contributed by atoms with Gasteiger partial charge in [-0.15, -0.1) is 0 Å².